The van der Waals surface area contributed by atoms with E-state index >= 15 is 0 Å². The summed E-state index contributed by atoms with van der Waals surface area (Å²) in [4.78, 5) is 0. The summed E-state index contributed by atoms with van der Waals surface area (Å²) in [6.45, 7) is 3.57. The van der Waals surface area contributed by atoms with Gasteiger partial charge in [0.15, 0.2) is 0 Å². The smallest absolute Gasteiger partial charge is 0.0969 e. The molecule has 0 heterocycles. The summed E-state index contributed by atoms with van der Waals surface area (Å²) >= 11 is 3.43. The van der Waals surface area contributed by atoms with Crippen LogP contribution < -0.4 is 0 Å². The Kier molecular flexibility index (Phi) is 2.89. The molecule has 1 N–H and O–H groups in total. The van der Waals surface area contributed by atoms with E-state index in [-0.39, 0.29) is 0 Å². The normalized spacial score (nSPS) is 12.7. The minimum Gasteiger partial charge on any atom is -0.384 e. The van der Waals surface area contributed by atoms with E-state index in [9.17, 15) is 5.11 Å². The Labute approximate surface area is 97.2 Å². The summed E-state index contributed by atoms with van der Waals surface area (Å²) in [7, 11) is 0. The van der Waals surface area contributed by atoms with Gasteiger partial charge in [0.05, 0.1) is 6.10 Å². The van der Waals surface area contributed by atoms with Gasteiger partial charge in [-0.25, -0.2) is 0 Å². The third-order valence-electron chi connectivity index (χ3n) is 2.39. The molecule has 2 aromatic rings. The minimum absolute atomic E-state index is 0.585. The van der Waals surface area contributed by atoms with Crippen LogP contribution in [0.3, 0.4) is 0 Å². The van der Waals surface area contributed by atoms with E-state index in [4.69, 9.17) is 0 Å². The summed E-state index contributed by atoms with van der Waals surface area (Å²) in [6.07, 6.45) is 0.943. The lowest BCUT2D eigenvalue weighted by Gasteiger charge is -2.07. The fraction of sp³-hybridized carbons (Fsp3) is 0.0769. The maximum Gasteiger partial charge on any atom is 0.0969 e. The molecule has 0 saturated heterocycles. The zero-order chi connectivity index (χ0) is 10.8. The summed E-state index contributed by atoms with van der Waals surface area (Å²) in [5.41, 5.74) is 0.875. The van der Waals surface area contributed by atoms with Crippen LogP contribution in [0.15, 0.2) is 53.5 Å². The molecule has 0 fully saturated rings. The highest BCUT2D eigenvalue weighted by molar-refractivity contribution is 9.10. The first kappa shape index (κ1) is 10.4. The SMILES string of the molecule is C=CC(O)c1ccc2cc(Br)ccc2c1. The van der Waals surface area contributed by atoms with Crippen LogP contribution in [0.4, 0.5) is 0 Å². The molecule has 2 heteroatoms. The largest absolute Gasteiger partial charge is 0.384 e. The number of fused-ring (bicyclic) bond motifs is 1. The molecule has 76 valence electrons. The van der Waals surface area contributed by atoms with Crippen molar-refractivity contribution < 1.29 is 5.11 Å². The van der Waals surface area contributed by atoms with E-state index in [0.717, 1.165) is 20.8 Å². The second-order valence-electron chi connectivity index (χ2n) is 3.43. The average molecular weight is 263 g/mol. The van der Waals surface area contributed by atoms with Gasteiger partial charge in [-0.15, -0.1) is 6.58 Å². The maximum absolute atomic E-state index is 9.62. The molecule has 0 spiro atoms. The summed E-state index contributed by atoms with van der Waals surface area (Å²) < 4.78 is 1.06. The lowest BCUT2D eigenvalue weighted by molar-refractivity contribution is 0.229. The summed E-state index contributed by atoms with van der Waals surface area (Å²) in [5.74, 6) is 0. The van der Waals surface area contributed by atoms with E-state index in [0.29, 0.717) is 0 Å². The molecular formula is C13H11BrO. The van der Waals surface area contributed by atoms with Crippen molar-refractivity contribution in [3.63, 3.8) is 0 Å². The molecule has 1 unspecified atom stereocenters. The van der Waals surface area contributed by atoms with Gasteiger partial charge in [0.1, 0.15) is 0 Å². The molecule has 1 atom stereocenters. The number of hydrogen-bond acceptors (Lipinski definition) is 1. The maximum atomic E-state index is 9.62. The predicted octanol–water partition coefficient (Wildman–Crippen LogP) is 3.82. The van der Waals surface area contributed by atoms with Crippen molar-refractivity contribution in [2.24, 2.45) is 0 Å². The molecule has 0 saturated carbocycles. The van der Waals surface area contributed by atoms with Gasteiger partial charge in [-0.05, 0) is 34.5 Å². The topological polar surface area (TPSA) is 20.2 Å². The van der Waals surface area contributed by atoms with Crippen molar-refractivity contribution >= 4 is 26.7 Å². The van der Waals surface area contributed by atoms with Crippen LogP contribution >= 0.6 is 15.9 Å². The Morgan fingerprint density at radius 1 is 1.13 bits per heavy atom. The zero-order valence-corrected chi connectivity index (χ0v) is 9.74. The van der Waals surface area contributed by atoms with Crippen LogP contribution in [0.25, 0.3) is 10.8 Å². The number of aliphatic hydroxyl groups excluding tert-OH is 1. The molecular weight excluding hydrogens is 252 g/mol. The number of hydrogen-bond donors (Lipinski definition) is 1. The fourth-order valence-corrected chi connectivity index (χ4v) is 1.93. The lowest BCUT2D eigenvalue weighted by Crippen LogP contribution is -1.91. The Hall–Kier alpha value is -1.12. The van der Waals surface area contributed by atoms with Gasteiger partial charge >= 0.3 is 0 Å². The predicted molar refractivity (Wildman–Crippen MR) is 66.8 cm³/mol. The molecule has 0 amide bonds. The molecule has 0 bridgehead atoms. The molecule has 0 aromatic heterocycles. The first-order valence-electron chi connectivity index (χ1n) is 4.70. The molecule has 2 aromatic carbocycles. The van der Waals surface area contributed by atoms with Gasteiger partial charge in [0, 0.05) is 4.47 Å². The molecule has 0 aliphatic heterocycles. The van der Waals surface area contributed by atoms with Crippen LogP contribution in [0, 0.1) is 0 Å². The summed E-state index contributed by atoms with van der Waals surface area (Å²) in [6, 6.07) is 12.0. The lowest BCUT2D eigenvalue weighted by atomic mass is 10.0. The van der Waals surface area contributed by atoms with Crippen LogP contribution in [-0.2, 0) is 0 Å². The second kappa shape index (κ2) is 4.17. The van der Waals surface area contributed by atoms with Crippen LogP contribution in [0.1, 0.15) is 11.7 Å². The molecule has 0 aliphatic rings. The van der Waals surface area contributed by atoms with Crippen molar-refractivity contribution in [3.8, 4) is 0 Å². The van der Waals surface area contributed by atoms with Crippen molar-refractivity contribution in [3.05, 3.63) is 59.1 Å². The first-order chi connectivity index (χ1) is 7.20. The Morgan fingerprint density at radius 2 is 1.80 bits per heavy atom. The number of benzene rings is 2. The van der Waals surface area contributed by atoms with E-state index < -0.39 is 6.10 Å². The third kappa shape index (κ3) is 2.11. The zero-order valence-electron chi connectivity index (χ0n) is 8.15. The Balaban J connectivity index is 2.56. The molecule has 0 aliphatic carbocycles. The minimum atomic E-state index is -0.585. The van der Waals surface area contributed by atoms with Crippen LogP contribution in [0.2, 0.25) is 0 Å². The standard InChI is InChI=1S/C13H11BrO/c1-2-13(15)11-4-3-10-8-12(14)6-5-9(10)7-11/h2-8,13,15H,1H2. The van der Waals surface area contributed by atoms with E-state index in [1.54, 1.807) is 0 Å². The van der Waals surface area contributed by atoms with Crippen molar-refractivity contribution in [2.75, 3.05) is 0 Å². The van der Waals surface area contributed by atoms with E-state index in [1.165, 1.54) is 6.08 Å². The highest BCUT2D eigenvalue weighted by atomic mass is 79.9. The number of halogens is 1. The van der Waals surface area contributed by atoms with Gasteiger partial charge in [0.2, 0.25) is 0 Å². The summed E-state index contributed by atoms with van der Waals surface area (Å²) in [5, 5.41) is 11.9. The average Bonchev–Trinajstić information content (AvgIpc) is 2.27. The van der Waals surface area contributed by atoms with E-state index in [1.807, 2.05) is 30.3 Å². The molecule has 15 heavy (non-hydrogen) atoms. The Bertz CT molecular complexity index is 505. The van der Waals surface area contributed by atoms with E-state index in [2.05, 4.69) is 28.6 Å². The fourth-order valence-electron chi connectivity index (χ4n) is 1.56. The van der Waals surface area contributed by atoms with Crippen LogP contribution in [0.5, 0.6) is 0 Å². The quantitative estimate of drug-likeness (QED) is 0.816. The molecule has 0 radical (unpaired) electrons. The van der Waals surface area contributed by atoms with Gasteiger partial charge in [-0.1, -0.05) is 40.2 Å². The first-order valence-corrected chi connectivity index (χ1v) is 5.50. The Morgan fingerprint density at radius 3 is 2.53 bits per heavy atom. The molecule has 2 rings (SSSR count). The van der Waals surface area contributed by atoms with Gasteiger partial charge in [0.25, 0.3) is 0 Å². The number of aliphatic hydroxyl groups is 1. The van der Waals surface area contributed by atoms with Crippen LogP contribution in [-0.4, -0.2) is 5.11 Å². The third-order valence-corrected chi connectivity index (χ3v) is 2.88. The van der Waals surface area contributed by atoms with Gasteiger partial charge in [-0.2, -0.15) is 0 Å². The van der Waals surface area contributed by atoms with Crippen molar-refractivity contribution in [2.45, 2.75) is 6.10 Å². The van der Waals surface area contributed by atoms with Gasteiger partial charge < -0.3 is 5.11 Å². The van der Waals surface area contributed by atoms with Crippen molar-refractivity contribution in [1.29, 1.82) is 0 Å². The molecule has 1 nitrogen and oxygen atoms in total. The second-order valence-corrected chi connectivity index (χ2v) is 4.35. The van der Waals surface area contributed by atoms with Crippen molar-refractivity contribution in [1.82, 2.24) is 0 Å². The highest BCUT2D eigenvalue weighted by Crippen LogP contribution is 2.23. The monoisotopic (exact) mass is 262 g/mol. The van der Waals surface area contributed by atoms with Gasteiger partial charge in [-0.3, -0.25) is 0 Å². The number of rotatable bonds is 2. The highest BCUT2D eigenvalue weighted by Gasteiger charge is 2.03.